The molecule has 0 amide bonds. The predicted octanol–water partition coefficient (Wildman–Crippen LogP) is 13.6. The third kappa shape index (κ3) is 5.42. The molecule has 4 aromatic carbocycles. The molecule has 0 fully saturated rings. The van der Waals surface area contributed by atoms with Crippen LogP contribution in [0.2, 0.25) is 0 Å². The Labute approximate surface area is 361 Å². The van der Waals surface area contributed by atoms with Crippen molar-refractivity contribution in [2.24, 2.45) is 4.99 Å². The molecule has 3 aromatic heterocycles. The zero-order valence-corrected chi connectivity index (χ0v) is 38.3. The maximum atomic E-state index is 7.34. The van der Waals surface area contributed by atoms with E-state index in [0.29, 0.717) is 11.6 Å². The van der Waals surface area contributed by atoms with E-state index in [1.165, 1.54) is 55.2 Å². The molecule has 2 atom stereocenters. The predicted molar refractivity (Wildman–Crippen MR) is 250 cm³/mol. The lowest BCUT2D eigenvalue weighted by Gasteiger charge is -2.40. The molecule has 310 valence electrons. The monoisotopic (exact) mass is 806 g/mol. The van der Waals surface area contributed by atoms with E-state index in [-0.39, 0.29) is 21.7 Å². The third-order valence-electron chi connectivity index (χ3n) is 14.7. The fraction of sp³-hybridized carbons (Fsp3) is 0.364. The molecule has 0 N–H and O–H groups in total. The summed E-state index contributed by atoms with van der Waals surface area (Å²) in [5, 5.41) is 2.43. The van der Waals surface area contributed by atoms with Gasteiger partial charge in [0.05, 0.1) is 16.7 Å². The van der Waals surface area contributed by atoms with Crippen LogP contribution in [0.4, 0.5) is 0 Å². The highest BCUT2D eigenvalue weighted by atomic mass is 16.5. The Morgan fingerprint density at radius 1 is 0.672 bits per heavy atom. The molecule has 6 heteroatoms. The molecule has 2 aliphatic heterocycles. The molecule has 10 rings (SSSR count). The van der Waals surface area contributed by atoms with Crippen LogP contribution in [0.25, 0.3) is 38.9 Å². The Morgan fingerprint density at radius 2 is 1.41 bits per heavy atom. The number of aryl methyl sites for hydroxylation is 2. The Morgan fingerprint density at radius 3 is 2.11 bits per heavy atom. The van der Waals surface area contributed by atoms with Gasteiger partial charge in [0.15, 0.2) is 5.60 Å². The van der Waals surface area contributed by atoms with E-state index < -0.39 is 11.1 Å². The molecule has 1 aliphatic carbocycles. The number of nitrogens with zero attached hydrogens (tertiary/aromatic N) is 4. The molecule has 0 saturated carbocycles. The maximum absolute atomic E-state index is 7.34. The summed E-state index contributed by atoms with van der Waals surface area (Å²) in [4.78, 5) is 15.4. The zero-order valence-electron chi connectivity index (χ0n) is 38.3. The summed E-state index contributed by atoms with van der Waals surface area (Å²) < 4.78 is 16.7. The van der Waals surface area contributed by atoms with Gasteiger partial charge in [-0.3, -0.25) is 9.55 Å². The van der Waals surface area contributed by atoms with Gasteiger partial charge in [0.2, 0.25) is 5.90 Å². The summed E-state index contributed by atoms with van der Waals surface area (Å²) in [6, 6.07) is 30.6. The third-order valence-corrected chi connectivity index (χ3v) is 14.7. The van der Waals surface area contributed by atoms with E-state index in [1.54, 1.807) is 0 Å². The first kappa shape index (κ1) is 39.4. The second kappa shape index (κ2) is 12.4. The SMILES string of the molecule is Cc1cc2c3c(c1)c1cc(C)c(Oc4cc(C5=N[C@]6(C)C(C)(C)c7c(C(C)(C)C)cc(C(C)(C)C)cc7[C@]6(C)O5)cc(-c5ccccn5)c4)cc1n3-c1ncccc1C2(C)C. The molecule has 61 heavy (non-hydrogen) atoms. The highest BCUT2D eigenvalue weighted by molar-refractivity contribution is 6.12. The van der Waals surface area contributed by atoms with Crippen molar-refractivity contribution in [3.05, 3.63) is 147 Å². The van der Waals surface area contributed by atoms with E-state index in [2.05, 4.69) is 162 Å². The number of fused-ring (bicyclic) bond motifs is 8. The maximum Gasteiger partial charge on any atom is 0.217 e. The average molecular weight is 807 g/mol. The van der Waals surface area contributed by atoms with Gasteiger partial charge >= 0.3 is 0 Å². The number of benzene rings is 4. The standard InChI is InChI=1S/C55H58N4O2/c1-31-22-38-37-24-32(2)45(30-44(37)59-47(38)42(23-31)52(9,10)39-18-17-21-57-48(39)59)60-36-26-33(43-19-15-16-20-56-43)25-34(27-36)49-58-55(14)53(11,12)46-40(51(6,7)8)28-35(50(3,4)5)29-41(46)54(55,13)61-49/h15-30H,1-14H3/t54-,55+/m0/s1. The van der Waals surface area contributed by atoms with Crippen LogP contribution < -0.4 is 4.74 Å². The Kier molecular flexibility index (Phi) is 8.03. The fourth-order valence-corrected chi connectivity index (χ4v) is 10.8. The molecular weight excluding hydrogens is 749 g/mol. The molecule has 7 aromatic rings. The summed E-state index contributed by atoms with van der Waals surface area (Å²) in [5.74, 6) is 3.05. The summed E-state index contributed by atoms with van der Waals surface area (Å²) in [7, 11) is 0. The minimum Gasteiger partial charge on any atom is -0.464 e. The quantitative estimate of drug-likeness (QED) is 0.178. The molecular formula is C55H58N4O2. The number of rotatable bonds is 4. The summed E-state index contributed by atoms with van der Waals surface area (Å²) in [5.41, 5.74) is 13.1. The lowest BCUT2D eigenvalue weighted by atomic mass is 9.67. The van der Waals surface area contributed by atoms with Crippen LogP contribution in [-0.2, 0) is 32.0 Å². The Balaban J connectivity index is 1.13. The van der Waals surface area contributed by atoms with E-state index in [1.807, 2.05) is 36.7 Å². The van der Waals surface area contributed by atoms with E-state index >= 15 is 0 Å². The number of hydrogen-bond donors (Lipinski definition) is 0. The number of pyridine rings is 2. The average Bonchev–Trinajstić information content (AvgIpc) is 3.71. The first-order valence-corrected chi connectivity index (χ1v) is 21.8. The van der Waals surface area contributed by atoms with Gasteiger partial charge in [-0.1, -0.05) is 105 Å². The minimum atomic E-state index is -0.708. The van der Waals surface area contributed by atoms with Gasteiger partial charge in [0, 0.05) is 62.3 Å². The summed E-state index contributed by atoms with van der Waals surface area (Å²) >= 11 is 0. The Bertz CT molecular complexity index is 3050. The lowest BCUT2D eigenvalue weighted by molar-refractivity contribution is 0.0190. The van der Waals surface area contributed by atoms with Crippen molar-refractivity contribution in [1.29, 1.82) is 0 Å². The van der Waals surface area contributed by atoms with Crippen LogP contribution in [0.3, 0.4) is 0 Å². The smallest absolute Gasteiger partial charge is 0.217 e. The topological polar surface area (TPSA) is 61.5 Å². The van der Waals surface area contributed by atoms with Crippen molar-refractivity contribution in [1.82, 2.24) is 14.5 Å². The van der Waals surface area contributed by atoms with Crippen LogP contribution in [0, 0.1) is 13.8 Å². The largest absolute Gasteiger partial charge is 0.464 e. The van der Waals surface area contributed by atoms with Crippen LogP contribution >= 0.6 is 0 Å². The molecule has 0 unspecified atom stereocenters. The molecule has 3 aliphatic rings. The van der Waals surface area contributed by atoms with Gasteiger partial charge in [-0.05, 0) is 115 Å². The molecule has 6 nitrogen and oxygen atoms in total. The van der Waals surface area contributed by atoms with Crippen molar-refractivity contribution in [3.8, 4) is 28.6 Å². The first-order valence-electron chi connectivity index (χ1n) is 21.8. The molecule has 5 heterocycles. The van der Waals surface area contributed by atoms with Gasteiger partial charge < -0.3 is 9.47 Å². The van der Waals surface area contributed by atoms with Crippen molar-refractivity contribution < 1.29 is 9.47 Å². The van der Waals surface area contributed by atoms with Gasteiger partial charge in [0.25, 0.3) is 0 Å². The molecule has 0 saturated heterocycles. The van der Waals surface area contributed by atoms with E-state index in [4.69, 9.17) is 24.4 Å². The second-order valence-corrected chi connectivity index (χ2v) is 21.4. The zero-order chi connectivity index (χ0) is 43.4. The van der Waals surface area contributed by atoms with Gasteiger partial charge in [-0.25, -0.2) is 9.98 Å². The van der Waals surface area contributed by atoms with Crippen molar-refractivity contribution >= 4 is 27.7 Å². The van der Waals surface area contributed by atoms with Crippen LogP contribution in [0.15, 0.2) is 102 Å². The second-order valence-electron chi connectivity index (χ2n) is 21.4. The normalized spacial score (nSPS) is 20.9. The van der Waals surface area contributed by atoms with Crippen molar-refractivity contribution in [2.75, 3.05) is 0 Å². The summed E-state index contributed by atoms with van der Waals surface area (Å²) in [6.07, 6.45) is 3.74. The van der Waals surface area contributed by atoms with Gasteiger partial charge in [-0.15, -0.1) is 0 Å². The fourth-order valence-electron chi connectivity index (χ4n) is 10.8. The molecule has 0 spiro atoms. The lowest BCUT2D eigenvalue weighted by Crippen LogP contribution is -2.49. The summed E-state index contributed by atoms with van der Waals surface area (Å²) in [6.45, 7) is 32.1. The highest BCUT2D eigenvalue weighted by Gasteiger charge is 2.68. The Hall–Kier alpha value is -5.75. The van der Waals surface area contributed by atoms with Crippen LogP contribution in [0.1, 0.15) is 133 Å². The number of hydrogen-bond acceptors (Lipinski definition) is 5. The van der Waals surface area contributed by atoms with E-state index in [9.17, 15) is 0 Å². The van der Waals surface area contributed by atoms with Gasteiger partial charge in [-0.2, -0.15) is 0 Å². The van der Waals surface area contributed by atoms with E-state index in [0.717, 1.165) is 39.5 Å². The first-order chi connectivity index (χ1) is 28.5. The number of aromatic nitrogens is 3. The minimum absolute atomic E-state index is 0.0374. The van der Waals surface area contributed by atoms with Crippen LogP contribution in [0.5, 0.6) is 11.5 Å². The number of aliphatic imine (C=N–C) groups is 1. The van der Waals surface area contributed by atoms with Crippen molar-refractivity contribution in [3.63, 3.8) is 0 Å². The highest BCUT2D eigenvalue weighted by Crippen LogP contribution is 2.64. The van der Waals surface area contributed by atoms with Gasteiger partial charge in [0.1, 0.15) is 22.9 Å². The molecule has 0 bridgehead atoms. The molecule has 0 radical (unpaired) electrons. The van der Waals surface area contributed by atoms with Crippen LogP contribution in [-0.4, -0.2) is 26.0 Å². The number of ether oxygens (including phenoxy) is 2. The van der Waals surface area contributed by atoms with Crippen molar-refractivity contribution in [2.45, 2.75) is 130 Å².